The van der Waals surface area contributed by atoms with E-state index in [0.29, 0.717) is 0 Å². The monoisotopic (exact) mass is 203 g/mol. The average molecular weight is 204 g/mol. The van der Waals surface area contributed by atoms with Crippen molar-refractivity contribution in [3.63, 3.8) is 0 Å². The minimum atomic E-state index is 0.749. The Bertz CT molecular complexity index is 489. The number of benzene rings is 1. The zero-order valence-corrected chi connectivity index (χ0v) is 8.46. The van der Waals surface area contributed by atoms with E-state index in [1.807, 2.05) is 24.4 Å². The molecule has 0 unspecified atom stereocenters. The molecule has 1 nitrogen and oxygen atoms in total. The number of hydrogen-bond donors (Lipinski definition) is 0. The van der Waals surface area contributed by atoms with Crippen molar-refractivity contribution in [3.05, 3.63) is 41.0 Å². The van der Waals surface area contributed by atoms with Crippen molar-refractivity contribution in [1.29, 1.82) is 0 Å². The zero-order valence-electron chi connectivity index (χ0n) is 7.70. The van der Waals surface area contributed by atoms with Crippen LogP contribution in [-0.4, -0.2) is 4.98 Å². The molecule has 70 valence electrons. The molecular formula is C12H10ClN. The first kappa shape index (κ1) is 8.25. The van der Waals surface area contributed by atoms with Gasteiger partial charge >= 0.3 is 0 Å². The quantitative estimate of drug-likeness (QED) is 0.688. The maximum atomic E-state index is 5.99. The van der Waals surface area contributed by atoms with Crippen molar-refractivity contribution >= 4 is 22.5 Å². The Labute approximate surface area is 87.7 Å². The van der Waals surface area contributed by atoms with Crippen LogP contribution in [0.2, 0.25) is 5.02 Å². The molecule has 1 aromatic carbocycles. The largest absolute Gasteiger partial charge is 0.256 e. The van der Waals surface area contributed by atoms with Gasteiger partial charge in [0.05, 0.1) is 5.52 Å². The smallest absolute Gasteiger partial charge is 0.0705 e. The number of halogens is 1. The van der Waals surface area contributed by atoms with Crippen LogP contribution in [0.1, 0.15) is 24.3 Å². The molecule has 2 heteroatoms. The molecule has 0 atom stereocenters. The summed E-state index contributed by atoms with van der Waals surface area (Å²) in [6.07, 6.45) is 4.52. The second-order valence-electron chi connectivity index (χ2n) is 3.84. The summed E-state index contributed by atoms with van der Waals surface area (Å²) in [6, 6.07) is 8.03. The topological polar surface area (TPSA) is 12.9 Å². The highest BCUT2D eigenvalue weighted by molar-refractivity contribution is 6.31. The van der Waals surface area contributed by atoms with Gasteiger partial charge in [-0.25, -0.2) is 0 Å². The summed E-state index contributed by atoms with van der Waals surface area (Å²) in [5.74, 6) is 0.749. The van der Waals surface area contributed by atoms with E-state index in [4.69, 9.17) is 11.6 Å². The van der Waals surface area contributed by atoms with Gasteiger partial charge in [0, 0.05) is 16.6 Å². The van der Waals surface area contributed by atoms with Gasteiger partial charge in [-0.05, 0) is 48.6 Å². The van der Waals surface area contributed by atoms with Crippen LogP contribution >= 0.6 is 11.6 Å². The Hall–Kier alpha value is -1.08. The molecule has 1 fully saturated rings. The first-order chi connectivity index (χ1) is 6.84. The number of fused-ring (bicyclic) bond motifs is 1. The Balaban J connectivity index is 2.32. The van der Waals surface area contributed by atoms with E-state index in [0.717, 1.165) is 16.5 Å². The van der Waals surface area contributed by atoms with Gasteiger partial charge in [-0.15, -0.1) is 0 Å². The molecular weight excluding hydrogens is 194 g/mol. The molecule has 3 rings (SSSR count). The first-order valence-electron chi connectivity index (χ1n) is 4.89. The van der Waals surface area contributed by atoms with E-state index >= 15 is 0 Å². The molecule has 1 aromatic heterocycles. The van der Waals surface area contributed by atoms with Gasteiger partial charge in [0.15, 0.2) is 0 Å². The van der Waals surface area contributed by atoms with Crippen molar-refractivity contribution in [3.8, 4) is 0 Å². The molecule has 0 aliphatic heterocycles. The molecule has 0 amide bonds. The van der Waals surface area contributed by atoms with Gasteiger partial charge in [0.1, 0.15) is 0 Å². The molecule has 0 bridgehead atoms. The molecule has 0 saturated heterocycles. The number of pyridine rings is 1. The van der Waals surface area contributed by atoms with E-state index < -0.39 is 0 Å². The lowest BCUT2D eigenvalue weighted by molar-refractivity contribution is 1.14. The third kappa shape index (κ3) is 1.28. The lowest BCUT2D eigenvalue weighted by atomic mass is 10.1. The van der Waals surface area contributed by atoms with Crippen molar-refractivity contribution in [2.75, 3.05) is 0 Å². The van der Waals surface area contributed by atoms with Gasteiger partial charge in [-0.1, -0.05) is 11.6 Å². The van der Waals surface area contributed by atoms with Gasteiger partial charge < -0.3 is 0 Å². The van der Waals surface area contributed by atoms with Crippen LogP contribution in [0.4, 0.5) is 0 Å². The van der Waals surface area contributed by atoms with Crippen LogP contribution in [0, 0.1) is 0 Å². The van der Waals surface area contributed by atoms with Crippen LogP contribution < -0.4 is 0 Å². The van der Waals surface area contributed by atoms with Crippen LogP contribution in [-0.2, 0) is 0 Å². The predicted molar refractivity (Wildman–Crippen MR) is 58.7 cm³/mol. The van der Waals surface area contributed by atoms with E-state index in [1.165, 1.54) is 23.8 Å². The summed E-state index contributed by atoms with van der Waals surface area (Å²) >= 11 is 5.99. The third-order valence-electron chi connectivity index (χ3n) is 2.75. The summed E-state index contributed by atoms with van der Waals surface area (Å²) < 4.78 is 0. The van der Waals surface area contributed by atoms with Crippen molar-refractivity contribution in [1.82, 2.24) is 4.98 Å². The standard InChI is InChI=1S/C12H10ClN/c13-9-3-4-12-11(7-9)10(5-6-14-12)8-1-2-8/h3-8H,1-2H2. The fourth-order valence-electron chi connectivity index (χ4n) is 1.89. The van der Waals surface area contributed by atoms with Crippen LogP contribution in [0.25, 0.3) is 10.9 Å². The molecule has 14 heavy (non-hydrogen) atoms. The molecule has 2 aromatic rings. The van der Waals surface area contributed by atoms with Gasteiger partial charge in [0.25, 0.3) is 0 Å². The average Bonchev–Trinajstić information content (AvgIpc) is 3.00. The summed E-state index contributed by atoms with van der Waals surface area (Å²) in [5, 5.41) is 2.02. The van der Waals surface area contributed by atoms with E-state index in [2.05, 4.69) is 11.1 Å². The summed E-state index contributed by atoms with van der Waals surface area (Å²) in [6.45, 7) is 0. The normalized spacial score (nSPS) is 16.1. The lowest BCUT2D eigenvalue weighted by Crippen LogP contribution is -1.85. The third-order valence-corrected chi connectivity index (χ3v) is 2.99. The predicted octanol–water partition coefficient (Wildman–Crippen LogP) is 3.77. The Morgan fingerprint density at radius 2 is 2.07 bits per heavy atom. The highest BCUT2D eigenvalue weighted by Crippen LogP contribution is 2.42. The van der Waals surface area contributed by atoms with Crippen LogP contribution in [0.5, 0.6) is 0 Å². The molecule has 1 aliphatic rings. The first-order valence-corrected chi connectivity index (χ1v) is 5.26. The van der Waals surface area contributed by atoms with Crippen LogP contribution in [0.15, 0.2) is 30.5 Å². The number of hydrogen-bond acceptors (Lipinski definition) is 1. The molecule has 1 aliphatic carbocycles. The van der Waals surface area contributed by atoms with E-state index in [1.54, 1.807) is 0 Å². The molecule has 1 heterocycles. The van der Waals surface area contributed by atoms with Gasteiger partial charge in [-0.2, -0.15) is 0 Å². The fourth-order valence-corrected chi connectivity index (χ4v) is 2.06. The highest BCUT2D eigenvalue weighted by atomic mass is 35.5. The van der Waals surface area contributed by atoms with Crippen molar-refractivity contribution in [2.24, 2.45) is 0 Å². The number of nitrogens with zero attached hydrogens (tertiary/aromatic N) is 1. The van der Waals surface area contributed by atoms with E-state index in [9.17, 15) is 0 Å². The SMILES string of the molecule is Clc1ccc2nccc(C3CC3)c2c1. The molecule has 1 saturated carbocycles. The minimum Gasteiger partial charge on any atom is -0.256 e. The lowest BCUT2D eigenvalue weighted by Gasteiger charge is -2.04. The second-order valence-corrected chi connectivity index (χ2v) is 4.27. The van der Waals surface area contributed by atoms with E-state index in [-0.39, 0.29) is 0 Å². The molecule has 0 spiro atoms. The van der Waals surface area contributed by atoms with Crippen LogP contribution in [0.3, 0.4) is 0 Å². The number of aromatic nitrogens is 1. The fraction of sp³-hybridized carbons (Fsp3) is 0.250. The zero-order chi connectivity index (χ0) is 9.54. The summed E-state index contributed by atoms with van der Waals surface area (Å²) in [5.41, 5.74) is 2.47. The number of rotatable bonds is 1. The Kier molecular flexibility index (Phi) is 1.74. The molecule has 0 N–H and O–H groups in total. The Morgan fingerprint density at radius 1 is 1.21 bits per heavy atom. The van der Waals surface area contributed by atoms with Gasteiger partial charge in [-0.3, -0.25) is 4.98 Å². The maximum Gasteiger partial charge on any atom is 0.0705 e. The maximum absolute atomic E-state index is 5.99. The summed E-state index contributed by atoms with van der Waals surface area (Å²) in [7, 11) is 0. The second kappa shape index (κ2) is 2.96. The van der Waals surface area contributed by atoms with Crippen molar-refractivity contribution in [2.45, 2.75) is 18.8 Å². The Morgan fingerprint density at radius 3 is 2.86 bits per heavy atom. The van der Waals surface area contributed by atoms with Gasteiger partial charge in [0.2, 0.25) is 0 Å². The molecule has 0 radical (unpaired) electrons. The minimum absolute atomic E-state index is 0.749. The highest BCUT2D eigenvalue weighted by Gasteiger charge is 2.25. The summed E-state index contributed by atoms with van der Waals surface area (Å²) in [4.78, 5) is 4.33. The van der Waals surface area contributed by atoms with Crippen molar-refractivity contribution < 1.29 is 0 Å².